The SMILES string of the molecule is CCc1cc(-c2nc(-c3cc(C)c(O)c(CC)c3)no2)cnc1CC. The lowest BCUT2D eigenvalue weighted by Gasteiger charge is -2.07. The van der Waals surface area contributed by atoms with Gasteiger partial charge in [0.2, 0.25) is 5.82 Å². The number of aromatic hydroxyl groups is 1. The van der Waals surface area contributed by atoms with E-state index in [1.807, 2.05) is 26.0 Å². The molecule has 3 rings (SSSR count). The Morgan fingerprint density at radius 3 is 2.36 bits per heavy atom. The maximum absolute atomic E-state index is 10.1. The van der Waals surface area contributed by atoms with E-state index in [0.717, 1.165) is 47.2 Å². The average Bonchev–Trinajstić information content (AvgIpc) is 3.13. The van der Waals surface area contributed by atoms with E-state index in [2.05, 4.69) is 35.0 Å². The zero-order chi connectivity index (χ0) is 18.0. The number of benzene rings is 1. The molecule has 0 aliphatic rings. The van der Waals surface area contributed by atoms with Crippen LogP contribution >= 0.6 is 0 Å². The molecule has 0 atom stereocenters. The Morgan fingerprint density at radius 1 is 0.960 bits per heavy atom. The van der Waals surface area contributed by atoms with E-state index in [0.29, 0.717) is 17.5 Å². The van der Waals surface area contributed by atoms with Gasteiger partial charge in [-0.3, -0.25) is 4.98 Å². The fraction of sp³-hybridized carbons (Fsp3) is 0.350. The van der Waals surface area contributed by atoms with Crippen LogP contribution in [0.15, 0.2) is 28.9 Å². The van der Waals surface area contributed by atoms with Crippen LogP contribution < -0.4 is 0 Å². The van der Waals surface area contributed by atoms with Crippen molar-refractivity contribution in [1.82, 2.24) is 15.1 Å². The molecule has 0 aliphatic carbocycles. The fourth-order valence-electron chi connectivity index (χ4n) is 2.99. The highest BCUT2D eigenvalue weighted by Crippen LogP contribution is 2.30. The van der Waals surface area contributed by atoms with Crippen molar-refractivity contribution in [3.05, 3.63) is 46.8 Å². The molecule has 1 N–H and O–H groups in total. The second-order valence-electron chi connectivity index (χ2n) is 6.11. The van der Waals surface area contributed by atoms with Gasteiger partial charge in [-0.2, -0.15) is 4.98 Å². The first-order chi connectivity index (χ1) is 12.1. The molecule has 130 valence electrons. The smallest absolute Gasteiger partial charge is 0.259 e. The van der Waals surface area contributed by atoms with E-state index in [9.17, 15) is 5.11 Å². The summed E-state index contributed by atoms with van der Waals surface area (Å²) in [6.07, 6.45) is 4.36. The maximum atomic E-state index is 10.1. The summed E-state index contributed by atoms with van der Waals surface area (Å²) < 4.78 is 5.46. The molecule has 3 aromatic rings. The first-order valence-corrected chi connectivity index (χ1v) is 8.72. The predicted molar refractivity (Wildman–Crippen MR) is 97.5 cm³/mol. The van der Waals surface area contributed by atoms with Crippen LogP contribution in [0.1, 0.15) is 43.2 Å². The van der Waals surface area contributed by atoms with E-state index in [-0.39, 0.29) is 0 Å². The minimum atomic E-state index is 0.335. The zero-order valence-electron chi connectivity index (χ0n) is 15.1. The summed E-state index contributed by atoms with van der Waals surface area (Å²) >= 11 is 0. The third kappa shape index (κ3) is 3.27. The molecule has 0 saturated carbocycles. The van der Waals surface area contributed by atoms with Crippen LogP contribution in [0.3, 0.4) is 0 Å². The largest absolute Gasteiger partial charge is 0.507 e. The van der Waals surface area contributed by atoms with E-state index in [1.54, 1.807) is 6.20 Å². The second-order valence-corrected chi connectivity index (χ2v) is 6.11. The lowest BCUT2D eigenvalue weighted by molar-refractivity contribution is 0.432. The van der Waals surface area contributed by atoms with Gasteiger partial charge in [-0.25, -0.2) is 0 Å². The summed E-state index contributed by atoms with van der Waals surface area (Å²) in [6.45, 7) is 8.10. The summed E-state index contributed by atoms with van der Waals surface area (Å²) in [5.74, 6) is 1.32. The molecule has 2 heterocycles. The number of phenols is 1. The summed E-state index contributed by atoms with van der Waals surface area (Å²) in [4.78, 5) is 9.05. The molecule has 0 aliphatic heterocycles. The lowest BCUT2D eigenvalue weighted by atomic mass is 10.0. The van der Waals surface area contributed by atoms with Gasteiger partial charge in [-0.05, 0) is 61.1 Å². The molecule has 0 amide bonds. The number of rotatable bonds is 5. The van der Waals surface area contributed by atoms with Crippen LogP contribution in [-0.2, 0) is 19.3 Å². The molecule has 5 heteroatoms. The van der Waals surface area contributed by atoms with Crippen LogP contribution in [0.5, 0.6) is 5.75 Å². The maximum Gasteiger partial charge on any atom is 0.259 e. The topological polar surface area (TPSA) is 72.0 Å². The van der Waals surface area contributed by atoms with Crippen LogP contribution in [0.4, 0.5) is 0 Å². The Balaban J connectivity index is 2.00. The van der Waals surface area contributed by atoms with Crippen LogP contribution in [0.2, 0.25) is 0 Å². The Labute approximate surface area is 147 Å². The minimum Gasteiger partial charge on any atom is -0.507 e. The van der Waals surface area contributed by atoms with Gasteiger partial charge in [-0.1, -0.05) is 25.9 Å². The quantitative estimate of drug-likeness (QED) is 0.742. The molecule has 5 nitrogen and oxygen atoms in total. The molecule has 0 fully saturated rings. The van der Waals surface area contributed by atoms with Crippen molar-refractivity contribution in [3.8, 4) is 28.6 Å². The normalized spacial score (nSPS) is 11.0. The van der Waals surface area contributed by atoms with E-state index >= 15 is 0 Å². The number of aromatic nitrogens is 3. The van der Waals surface area contributed by atoms with Gasteiger partial charge in [0.05, 0.1) is 5.56 Å². The van der Waals surface area contributed by atoms with Gasteiger partial charge >= 0.3 is 0 Å². The zero-order valence-corrected chi connectivity index (χ0v) is 15.1. The molecule has 0 radical (unpaired) electrons. The fourth-order valence-corrected chi connectivity index (χ4v) is 2.99. The van der Waals surface area contributed by atoms with Crippen LogP contribution in [0.25, 0.3) is 22.8 Å². The molecular formula is C20H23N3O2. The highest BCUT2D eigenvalue weighted by Gasteiger charge is 2.15. The Bertz CT molecular complexity index is 900. The van der Waals surface area contributed by atoms with Crippen molar-refractivity contribution in [3.63, 3.8) is 0 Å². The predicted octanol–water partition coefficient (Wildman–Crippen LogP) is 4.50. The van der Waals surface area contributed by atoms with Crippen molar-refractivity contribution < 1.29 is 9.63 Å². The number of hydrogen-bond acceptors (Lipinski definition) is 5. The van der Waals surface area contributed by atoms with Gasteiger partial charge < -0.3 is 9.63 Å². The summed E-state index contributed by atoms with van der Waals surface area (Å²) in [6, 6.07) is 5.86. The Kier molecular flexibility index (Phi) is 4.83. The molecule has 0 unspecified atom stereocenters. The Morgan fingerprint density at radius 2 is 1.68 bits per heavy atom. The minimum absolute atomic E-state index is 0.335. The summed E-state index contributed by atoms with van der Waals surface area (Å²) in [5.41, 5.74) is 5.67. The molecule has 0 bridgehead atoms. The van der Waals surface area contributed by atoms with Crippen molar-refractivity contribution in [2.75, 3.05) is 0 Å². The monoisotopic (exact) mass is 337 g/mol. The lowest BCUT2D eigenvalue weighted by Crippen LogP contribution is -1.96. The third-order valence-corrected chi connectivity index (χ3v) is 4.47. The van der Waals surface area contributed by atoms with Gasteiger partial charge in [0.1, 0.15) is 5.75 Å². The number of phenolic OH excluding ortho intramolecular Hbond substituents is 1. The van der Waals surface area contributed by atoms with Crippen molar-refractivity contribution in [2.24, 2.45) is 0 Å². The van der Waals surface area contributed by atoms with E-state index in [1.165, 1.54) is 5.56 Å². The molecule has 0 saturated heterocycles. The number of nitrogens with zero attached hydrogens (tertiary/aromatic N) is 3. The summed E-state index contributed by atoms with van der Waals surface area (Å²) in [7, 11) is 0. The number of hydrogen-bond donors (Lipinski definition) is 1. The summed E-state index contributed by atoms with van der Waals surface area (Å²) in [5, 5.41) is 14.2. The Hall–Kier alpha value is -2.69. The van der Waals surface area contributed by atoms with Crippen LogP contribution in [-0.4, -0.2) is 20.2 Å². The second kappa shape index (κ2) is 7.05. The van der Waals surface area contributed by atoms with E-state index in [4.69, 9.17) is 4.52 Å². The third-order valence-electron chi connectivity index (χ3n) is 4.47. The van der Waals surface area contributed by atoms with E-state index < -0.39 is 0 Å². The molecule has 2 aromatic heterocycles. The molecule has 1 aromatic carbocycles. The van der Waals surface area contributed by atoms with Crippen LogP contribution in [0, 0.1) is 6.92 Å². The molecular weight excluding hydrogens is 314 g/mol. The molecule has 25 heavy (non-hydrogen) atoms. The first kappa shape index (κ1) is 17.1. The number of pyridine rings is 1. The molecule has 0 spiro atoms. The van der Waals surface area contributed by atoms with Gasteiger partial charge in [0, 0.05) is 17.5 Å². The van der Waals surface area contributed by atoms with Gasteiger partial charge in [-0.15, -0.1) is 0 Å². The highest BCUT2D eigenvalue weighted by molar-refractivity contribution is 5.63. The number of aryl methyl sites for hydroxylation is 4. The van der Waals surface area contributed by atoms with Gasteiger partial charge in [0.25, 0.3) is 5.89 Å². The van der Waals surface area contributed by atoms with Crippen molar-refractivity contribution >= 4 is 0 Å². The average molecular weight is 337 g/mol. The van der Waals surface area contributed by atoms with Crippen molar-refractivity contribution in [2.45, 2.75) is 47.0 Å². The van der Waals surface area contributed by atoms with Gasteiger partial charge in [0.15, 0.2) is 0 Å². The standard InChI is InChI=1S/C20H23N3O2/c1-5-13-9-16(11-21-17(13)7-3)20-22-19(23-25-20)15-8-12(4)18(24)14(6-2)10-15/h8-11,24H,5-7H2,1-4H3. The first-order valence-electron chi connectivity index (χ1n) is 8.72. The van der Waals surface area contributed by atoms with Crippen molar-refractivity contribution in [1.29, 1.82) is 0 Å². The highest BCUT2D eigenvalue weighted by atomic mass is 16.5.